The average Bonchev–Trinajstić information content (AvgIpc) is 1.55. The maximum atomic E-state index is 10.6. The van der Waals surface area contributed by atoms with Crippen molar-refractivity contribution in [3.05, 3.63) is 0 Å². The Balaban J connectivity index is -0.0000000651. The van der Waals surface area contributed by atoms with Gasteiger partial charge in [-0.05, 0) is 0 Å². The van der Waals surface area contributed by atoms with Gasteiger partial charge < -0.3 is 14.2 Å². The molecule has 0 saturated heterocycles. The van der Waals surface area contributed by atoms with Crippen molar-refractivity contribution in [2.45, 2.75) is 6.18 Å². The van der Waals surface area contributed by atoms with E-state index >= 15 is 0 Å². The third-order valence-electron chi connectivity index (χ3n) is 0.243. The van der Waals surface area contributed by atoms with Gasteiger partial charge in [0.2, 0.25) is 0 Å². The second kappa shape index (κ2) is 9.36. The standard InChI is InChI=1S/C2HF3O2.2Na.H2O4S/c3-2(4,5)1(6)7;;;1-5(2,3)4/h(H,6,7);;;(H2,1,2,3,4)/q;2*+1;/p-2. The minimum absolute atomic E-state index is 0. The van der Waals surface area contributed by atoms with Gasteiger partial charge in [-0.15, -0.1) is 0 Å². The Kier molecular flexibility index (Phi) is 16.3. The summed E-state index contributed by atoms with van der Waals surface area (Å²) < 4.78 is 65.8. The van der Waals surface area contributed by atoms with Gasteiger partial charge in [-0.2, -0.15) is 13.2 Å². The second-order valence-corrected chi connectivity index (χ2v) is 2.03. The largest absolute Gasteiger partial charge is 1.00 e. The maximum Gasteiger partial charge on any atom is 1.00 e. The van der Waals surface area contributed by atoms with Crippen LogP contribution in [-0.2, 0) is 15.2 Å². The first-order chi connectivity index (χ1) is 4.94. The summed E-state index contributed by atoms with van der Waals surface area (Å²) in [6, 6.07) is 0. The Bertz CT molecular complexity index is 238. The van der Waals surface area contributed by atoms with Crippen molar-refractivity contribution >= 4 is 16.4 Å². The molecule has 0 saturated carbocycles. The Hall–Kier alpha value is 1.13. The number of carboxylic acid groups (broad SMARTS) is 1. The summed E-state index contributed by atoms with van der Waals surface area (Å²) in [5.74, 6) is -2.76. The second-order valence-electron chi connectivity index (χ2n) is 1.21. The molecule has 74 valence electrons. The molecule has 1 N–H and O–H groups in total. The Morgan fingerprint density at radius 1 is 1.14 bits per heavy atom. The van der Waals surface area contributed by atoms with Crippen LogP contribution in [0.25, 0.3) is 0 Å². The van der Waals surface area contributed by atoms with Crippen molar-refractivity contribution in [1.82, 2.24) is 0 Å². The molecule has 0 unspecified atom stereocenters. The van der Waals surface area contributed by atoms with E-state index in [2.05, 4.69) is 0 Å². The van der Waals surface area contributed by atoms with E-state index in [1.165, 1.54) is 0 Å². The molecular formula is C2HF3Na2O6S. The summed E-state index contributed by atoms with van der Waals surface area (Å²) in [4.78, 5) is 8.90. The van der Waals surface area contributed by atoms with Crippen molar-refractivity contribution in [2.24, 2.45) is 0 Å². The number of carboxylic acids is 1. The molecule has 0 atom stereocenters. The molecule has 0 bridgehead atoms. The first-order valence-electron chi connectivity index (χ1n) is 1.91. The molecule has 0 fully saturated rings. The predicted molar refractivity (Wildman–Crippen MR) is 24.2 cm³/mol. The minimum atomic E-state index is -5.17. The molecule has 14 heavy (non-hydrogen) atoms. The smallest absolute Gasteiger partial charge is 0.759 e. The number of hydrogen-bond donors (Lipinski definition) is 1. The van der Waals surface area contributed by atoms with Crippen molar-refractivity contribution in [3.63, 3.8) is 0 Å². The fraction of sp³-hybridized carbons (Fsp3) is 0.500. The molecule has 0 radical (unpaired) electrons. The van der Waals surface area contributed by atoms with Gasteiger partial charge in [0.15, 0.2) is 0 Å². The summed E-state index contributed by atoms with van der Waals surface area (Å²) in [6.45, 7) is 0. The maximum absolute atomic E-state index is 10.6. The first-order valence-corrected chi connectivity index (χ1v) is 3.24. The number of aliphatic carboxylic acids is 1. The quantitative estimate of drug-likeness (QED) is 0.261. The molecule has 12 heteroatoms. The van der Waals surface area contributed by atoms with Gasteiger partial charge in [-0.1, -0.05) is 0 Å². The third-order valence-corrected chi connectivity index (χ3v) is 0.243. The van der Waals surface area contributed by atoms with Gasteiger partial charge in [-0.3, -0.25) is 8.42 Å². The average molecular weight is 256 g/mol. The molecule has 0 aromatic heterocycles. The Morgan fingerprint density at radius 3 is 1.21 bits per heavy atom. The van der Waals surface area contributed by atoms with Crippen LogP contribution >= 0.6 is 0 Å². The normalized spacial score (nSPS) is 9.79. The Morgan fingerprint density at radius 2 is 1.21 bits per heavy atom. The van der Waals surface area contributed by atoms with Crippen molar-refractivity contribution < 1.29 is 99.7 Å². The van der Waals surface area contributed by atoms with Gasteiger partial charge in [-0.25, -0.2) is 4.79 Å². The molecule has 0 spiro atoms. The van der Waals surface area contributed by atoms with E-state index in [1.54, 1.807) is 0 Å². The fourth-order valence-electron chi connectivity index (χ4n) is 0. The topological polar surface area (TPSA) is 118 Å². The SMILES string of the molecule is O=C(O)C(F)(F)F.O=S(=O)([O-])[O-].[Na+].[Na+]. The monoisotopic (exact) mass is 256 g/mol. The van der Waals surface area contributed by atoms with Crippen LogP contribution in [0.2, 0.25) is 0 Å². The summed E-state index contributed by atoms with van der Waals surface area (Å²) in [5.41, 5.74) is 0. The predicted octanol–water partition coefficient (Wildman–Crippen LogP) is -6.70. The first kappa shape index (κ1) is 24.4. The number of hydrogen-bond acceptors (Lipinski definition) is 5. The van der Waals surface area contributed by atoms with E-state index in [1.807, 2.05) is 0 Å². The molecule has 0 aliphatic heterocycles. The molecule has 0 aliphatic rings. The van der Waals surface area contributed by atoms with Crippen LogP contribution in [-0.4, -0.2) is 34.8 Å². The molecule has 0 heterocycles. The van der Waals surface area contributed by atoms with E-state index in [4.69, 9.17) is 27.4 Å². The van der Waals surface area contributed by atoms with Gasteiger partial charge in [0.1, 0.15) is 0 Å². The molecule has 0 amide bonds. The summed E-state index contributed by atoms with van der Waals surface area (Å²) >= 11 is 0. The molecule has 0 aromatic carbocycles. The number of carbonyl (C=O) groups is 1. The molecule has 0 aliphatic carbocycles. The molecule has 0 rings (SSSR count). The summed E-state index contributed by atoms with van der Waals surface area (Å²) in [6.07, 6.45) is -5.08. The van der Waals surface area contributed by atoms with E-state index in [0.29, 0.717) is 0 Å². The van der Waals surface area contributed by atoms with Crippen LogP contribution in [0.1, 0.15) is 0 Å². The zero-order valence-corrected chi connectivity index (χ0v) is 11.8. The summed E-state index contributed by atoms with van der Waals surface area (Å²) in [5, 5.41) is 7.12. The van der Waals surface area contributed by atoms with Gasteiger partial charge in [0.05, 0.1) is 0 Å². The molecule has 6 nitrogen and oxygen atoms in total. The number of halogens is 3. The van der Waals surface area contributed by atoms with Crippen LogP contribution in [0.4, 0.5) is 13.2 Å². The summed E-state index contributed by atoms with van der Waals surface area (Å²) in [7, 11) is -5.17. The van der Waals surface area contributed by atoms with Crippen LogP contribution in [0.3, 0.4) is 0 Å². The van der Waals surface area contributed by atoms with E-state index in [9.17, 15) is 13.2 Å². The van der Waals surface area contributed by atoms with Crippen LogP contribution in [0, 0.1) is 0 Å². The van der Waals surface area contributed by atoms with E-state index < -0.39 is 22.5 Å². The number of alkyl halides is 3. The van der Waals surface area contributed by atoms with Crippen LogP contribution < -0.4 is 59.1 Å². The van der Waals surface area contributed by atoms with Gasteiger partial charge in [0, 0.05) is 10.4 Å². The molecular weight excluding hydrogens is 255 g/mol. The zero-order chi connectivity index (χ0) is 10.6. The zero-order valence-electron chi connectivity index (χ0n) is 7.03. The Labute approximate surface area is 121 Å². The molecule has 0 aromatic rings. The van der Waals surface area contributed by atoms with Crippen molar-refractivity contribution in [2.75, 3.05) is 0 Å². The van der Waals surface area contributed by atoms with Gasteiger partial charge in [0.25, 0.3) is 0 Å². The fourth-order valence-corrected chi connectivity index (χ4v) is 0. The van der Waals surface area contributed by atoms with Crippen LogP contribution in [0.15, 0.2) is 0 Å². The van der Waals surface area contributed by atoms with E-state index in [-0.39, 0.29) is 59.1 Å². The van der Waals surface area contributed by atoms with E-state index in [0.717, 1.165) is 0 Å². The minimum Gasteiger partial charge on any atom is -0.759 e. The third kappa shape index (κ3) is 38.0. The van der Waals surface area contributed by atoms with Gasteiger partial charge >= 0.3 is 71.3 Å². The van der Waals surface area contributed by atoms with Crippen molar-refractivity contribution in [3.8, 4) is 0 Å². The van der Waals surface area contributed by atoms with Crippen LogP contribution in [0.5, 0.6) is 0 Å². The number of rotatable bonds is 0. The van der Waals surface area contributed by atoms with Crippen molar-refractivity contribution in [1.29, 1.82) is 0 Å².